The second-order valence-corrected chi connectivity index (χ2v) is 3.93. The first-order valence-electron chi connectivity index (χ1n) is 4.73. The minimum atomic E-state index is 0.532. The molecule has 0 amide bonds. The molecule has 0 spiro atoms. The lowest BCUT2D eigenvalue weighted by atomic mass is 10.1. The van der Waals surface area contributed by atoms with E-state index in [-0.39, 0.29) is 0 Å². The highest BCUT2D eigenvalue weighted by Gasteiger charge is 2.03. The zero-order valence-corrected chi connectivity index (χ0v) is 9.46. The van der Waals surface area contributed by atoms with Crippen LogP contribution in [0.15, 0.2) is 18.2 Å². The Hall–Kier alpha value is -1.24. The molecule has 0 aliphatic carbocycles. The summed E-state index contributed by atoms with van der Waals surface area (Å²) in [6, 6.07) is 7.60. The number of halogens is 1. The van der Waals surface area contributed by atoms with E-state index in [0.717, 1.165) is 18.7 Å². The Morgan fingerprint density at radius 1 is 1.53 bits per heavy atom. The SMILES string of the molecule is CN(CCC#N)Cc1ccc(Cl)cc1N. The summed E-state index contributed by atoms with van der Waals surface area (Å²) in [5.74, 6) is 0. The molecule has 0 saturated carbocycles. The predicted octanol–water partition coefficient (Wildman–Crippen LogP) is 2.27. The number of nitriles is 1. The van der Waals surface area contributed by atoms with E-state index in [0.29, 0.717) is 17.1 Å². The summed E-state index contributed by atoms with van der Waals surface area (Å²) in [7, 11) is 1.96. The van der Waals surface area contributed by atoms with Crippen LogP contribution in [0.1, 0.15) is 12.0 Å². The summed E-state index contributed by atoms with van der Waals surface area (Å²) < 4.78 is 0. The van der Waals surface area contributed by atoms with Gasteiger partial charge in [0.1, 0.15) is 0 Å². The van der Waals surface area contributed by atoms with Crippen LogP contribution < -0.4 is 5.73 Å². The average Bonchev–Trinajstić information content (AvgIpc) is 2.19. The van der Waals surface area contributed by atoms with E-state index in [1.54, 1.807) is 6.07 Å². The maximum Gasteiger partial charge on any atom is 0.0635 e. The van der Waals surface area contributed by atoms with Crippen molar-refractivity contribution in [2.24, 2.45) is 0 Å². The maximum absolute atomic E-state index is 8.45. The molecule has 1 aromatic rings. The van der Waals surface area contributed by atoms with Gasteiger partial charge in [0.05, 0.1) is 6.07 Å². The van der Waals surface area contributed by atoms with E-state index >= 15 is 0 Å². The molecule has 1 aromatic carbocycles. The third-order valence-electron chi connectivity index (χ3n) is 2.15. The number of nitrogens with two attached hydrogens (primary N) is 1. The number of hydrogen-bond donors (Lipinski definition) is 1. The quantitative estimate of drug-likeness (QED) is 0.797. The highest BCUT2D eigenvalue weighted by molar-refractivity contribution is 6.30. The van der Waals surface area contributed by atoms with Crippen LogP contribution in [0.3, 0.4) is 0 Å². The Bertz CT molecular complexity index is 371. The second-order valence-electron chi connectivity index (χ2n) is 3.49. The van der Waals surface area contributed by atoms with Crippen molar-refractivity contribution in [1.82, 2.24) is 4.90 Å². The monoisotopic (exact) mass is 223 g/mol. The van der Waals surface area contributed by atoms with Gasteiger partial charge < -0.3 is 10.6 Å². The molecule has 2 N–H and O–H groups in total. The largest absolute Gasteiger partial charge is 0.398 e. The molecule has 3 nitrogen and oxygen atoms in total. The van der Waals surface area contributed by atoms with Gasteiger partial charge in [0, 0.05) is 30.2 Å². The number of hydrogen-bond acceptors (Lipinski definition) is 3. The van der Waals surface area contributed by atoms with E-state index in [2.05, 4.69) is 11.0 Å². The van der Waals surface area contributed by atoms with Crippen LogP contribution in [0.25, 0.3) is 0 Å². The standard InChI is InChI=1S/C11H14ClN3/c1-15(6-2-5-13)8-9-3-4-10(12)7-11(9)14/h3-4,7H,2,6,8,14H2,1H3. The van der Waals surface area contributed by atoms with Crippen molar-refractivity contribution in [2.45, 2.75) is 13.0 Å². The highest BCUT2D eigenvalue weighted by Crippen LogP contribution is 2.19. The normalized spacial score (nSPS) is 10.3. The van der Waals surface area contributed by atoms with Gasteiger partial charge >= 0.3 is 0 Å². The fraction of sp³-hybridized carbons (Fsp3) is 0.364. The molecule has 0 fully saturated rings. The molecule has 1 rings (SSSR count). The Kier molecular flexibility index (Phi) is 4.41. The Balaban J connectivity index is 2.61. The molecule has 0 aliphatic heterocycles. The van der Waals surface area contributed by atoms with Crippen molar-refractivity contribution in [2.75, 3.05) is 19.3 Å². The Morgan fingerprint density at radius 3 is 2.87 bits per heavy atom. The molecule has 0 heterocycles. The third kappa shape index (κ3) is 3.78. The van der Waals surface area contributed by atoms with Gasteiger partial charge in [0.15, 0.2) is 0 Å². The van der Waals surface area contributed by atoms with Crippen LogP contribution in [0.5, 0.6) is 0 Å². The highest BCUT2D eigenvalue weighted by atomic mass is 35.5. The van der Waals surface area contributed by atoms with Gasteiger partial charge in [-0.2, -0.15) is 5.26 Å². The van der Waals surface area contributed by atoms with Crippen LogP contribution >= 0.6 is 11.6 Å². The first kappa shape index (κ1) is 11.8. The first-order valence-corrected chi connectivity index (χ1v) is 5.10. The van der Waals surface area contributed by atoms with Crippen molar-refractivity contribution in [3.05, 3.63) is 28.8 Å². The van der Waals surface area contributed by atoms with Crippen molar-refractivity contribution >= 4 is 17.3 Å². The zero-order chi connectivity index (χ0) is 11.3. The van der Waals surface area contributed by atoms with Crippen molar-refractivity contribution in [3.8, 4) is 6.07 Å². The molecule has 0 radical (unpaired) electrons. The molecular formula is C11H14ClN3. The molecule has 80 valence electrons. The predicted molar refractivity (Wildman–Crippen MR) is 62.4 cm³/mol. The molecule has 0 aromatic heterocycles. The fourth-order valence-electron chi connectivity index (χ4n) is 1.32. The molecule has 0 saturated heterocycles. The van der Waals surface area contributed by atoms with Gasteiger partial charge in [0.2, 0.25) is 0 Å². The first-order chi connectivity index (χ1) is 7.13. The number of nitrogen functional groups attached to an aromatic ring is 1. The molecule has 4 heteroatoms. The number of nitrogens with zero attached hydrogens (tertiary/aromatic N) is 2. The summed E-state index contributed by atoms with van der Waals surface area (Å²) >= 11 is 5.80. The molecule has 0 aliphatic rings. The summed E-state index contributed by atoms with van der Waals surface area (Å²) in [4.78, 5) is 2.06. The van der Waals surface area contributed by atoms with Crippen LogP contribution in [0.4, 0.5) is 5.69 Å². The number of anilines is 1. The van der Waals surface area contributed by atoms with Gasteiger partial charge in [-0.15, -0.1) is 0 Å². The zero-order valence-electron chi connectivity index (χ0n) is 8.70. The van der Waals surface area contributed by atoms with Crippen LogP contribution in [-0.4, -0.2) is 18.5 Å². The van der Waals surface area contributed by atoms with Crippen LogP contribution in [0.2, 0.25) is 5.02 Å². The van der Waals surface area contributed by atoms with E-state index in [4.69, 9.17) is 22.6 Å². The Morgan fingerprint density at radius 2 is 2.27 bits per heavy atom. The lowest BCUT2D eigenvalue weighted by Crippen LogP contribution is -2.19. The third-order valence-corrected chi connectivity index (χ3v) is 2.39. The minimum Gasteiger partial charge on any atom is -0.398 e. The maximum atomic E-state index is 8.45. The molecule has 0 atom stereocenters. The van der Waals surface area contributed by atoms with Gasteiger partial charge in [-0.05, 0) is 24.7 Å². The van der Waals surface area contributed by atoms with Gasteiger partial charge in [-0.25, -0.2) is 0 Å². The Labute approximate surface area is 95.1 Å². The van der Waals surface area contributed by atoms with Crippen molar-refractivity contribution in [3.63, 3.8) is 0 Å². The van der Waals surface area contributed by atoms with Crippen LogP contribution in [0, 0.1) is 11.3 Å². The molecule has 0 bridgehead atoms. The lowest BCUT2D eigenvalue weighted by molar-refractivity contribution is 0.335. The second kappa shape index (κ2) is 5.59. The topological polar surface area (TPSA) is 53.0 Å². The number of benzene rings is 1. The molecule has 0 unspecified atom stereocenters. The van der Waals surface area contributed by atoms with Crippen molar-refractivity contribution in [1.29, 1.82) is 5.26 Å². The minimum absolute atomic E-state index is 0.532. The summed E-state index contributed by atoms with van der Waals surface area (Å²) in [6.45, 7) is 1.49. The van der Waals surface area contributed by atoms with Crippen LogP contribution in [-0.2, 0) is 6.54 Å². The summed E-state index contributed by atoms with van der Waals surface area (Å²) in [5.41, 5.74) is 7.56. The fourth-order valence-corrected chi connectivity index (χ4v) is 1.50. The molecule has 15 heavy (non-hydrogen) atoms. The van der Waals surface area contributed by atoms with E-state index < -0.39 is 0 Å². The van der Waals surface area contributed by atoms with Gasteiger partial charge in [-0.1, -0.05) is 17.7 Å². The van der Waals surface area contributed by atoms with Gasteiger partial charge in [0.25, 0.3) is 0 Å². The number of rotatable bonds is 4. The smallest absolute Gasteiger partial charge is 0.0635 e. The van der Waals surface area contributed by atoms with Crippen molar-refractivity contribution < 1.29 is 0 Å². The lowest BCUT2D eigenvalue weighted by Gasteiger charge is -2.16. The van der Waals surface area contributed by atoms with E-state index in [1.165, 1.54) is 0 Å². The van der Waals surface area contributed by atoms with Gasteiger partial charge in [-0.3, -0.25) is 0 Å². The summed E-state index contributed by atoms with van der Waals surface area (Å²) in [6.07, 6.45) is 0.532. The van der Waals surface area contributed by atoms with E-state index in [1.807, 2.05) is 19.2 Å². The summed E-state index contributed by atoms with van der Waals surface area (Å²) in [5, 5.41) is 9.10. The van der Waals surface area contributed by atoms with E-state index in [9.17, 15) is 0 Å². The molecular weight excluding hydrogens is 210 g/mol. The average molecular weight is 224 g/mol.